The van der Waals surface area contributed by atoms with Crippen LogP contribution in [0.25, 0.3) is 0 Å². The molecule has 1 aliphatic rings. The molecule has 0 heterocycles. The molecule has 2 N–H and O–H groups in total. The number of hydrogen-bond donors (Lipinski definition) is 2. The van der Waals surface area contributed by atoms with Crippen molar-refractivity contribution in [2.24, 2.45) is 11.8 Å². The summed E-state index contributed by atoms with van der Waals surface area (Å²) in [5, 5.41) is 6.03. The van der Waals surface area contributed by atoms with Gasteiger partial charge in [0.1, 0.15) is 0 Å². The Kier molecular flexibility index (Phi) is 5.36. The van der Waals surface area contributed by atoms with Gasteiger partial charge in [-0.05, 0) is 67.5 Å². The van der Waals surface area contributed by atoms with E-state index < -0.39 is 0 Å². The average molecular weight is 364 g/mol. The van der Waals surface area contributed by atoms with Crippen LogP contribution >= 0.6 is 0 Å². The van der Waals surface area contributed by atoms with Crippen LogP contribution in [-0.4, -0.2) is 11.8 Å². The highest BCUT2D eigenvalue weighted by Crippen LogP contribution is 2.41. The first kappa shape index (κ1) is 19.2. The van der Waals surface area contributed by atoms with Crippen LogP contribution in [0.4, 0.5) is 11.4 Å². The molecule has 2 aromatic rings. The molecule has 2 amide bonds. The van der Waals surface area contributed by atoms with Gasteiger partial charge in [0.05, 0.1) is 11.8 Å². The summed E-state index contributed by atoms with van der Waals surface area (Å²) in [6.45, 7) is 10.2. The molecule has 0 aliphatic heterocycles. The third-order valence-corrected chi connectivity index (χ3v) is 5.13. The number of anilines is 2. The van der Waals surface area contributed by atoms with E-state index in [1.54, 1.807) is 0 Å². The van der Waals surface area contributed by atoms with Crippen molar-refractivity contribution in [2.75, 3.05) is 10.6 Å². The molecule has 0 bridgehead atoms. The molecule has 27 heavy (non-hydrogen) atoms. The van der Waals surface area contributed by atoms with E-state index in [0.717, 1.165) is 33.6 Å². The second-order valence-corrected chi connectivity index (χ2v) is 8.00. The van der Waals surface area contributed by atoms with Crippen LogP contribution < -0.4 is 10.6 Å². The van der Waals surface area contributed by atoms with E-state index in [9.17, 15) is 9.59 Å². The third kappa shape index (κ3) is 4.38. The molecule has 0 saturated heterocycles. The van der Waals surface area contributed by atoms with Gasteiger partial charge in [-0.3, -0.25) is 9.59 Å². The molecule has 3 rings (SSSR count). The maximum atomic E-state index is 12.7. The summed E-state index contributed by atoms with van der Waals surface area (Å²) in [7, 11) is 0. The minimum Gasteiger partial charge on any atom is -0.326 e. The third-order valence-electron chi connectivity index (χ3n) is 5.13. The normalized spacial score (nSPS) is 18.3. The Labute approximate surface area is 161 Å². The lowest BCUT2D eigenvalue weighted by Crippen LogP contribution is -2.21. The highest BCUT2D eigenvalue weighted by atomic mass is 16.2. The monoisotopic (exact) mass is 364 g/mol. The summed E-state index contributed by atoms with van der Waals surface area (Å²) < 4.78 is 0. The quantitative estimate of drug-likeness (QED) is 0.789. The molecular formula is C23H28N2O2. The average Bonchev–Trinajstić information content (AvgIpc) is 3.36. The van der Waals surface area contributed by atoms with Crippen LogP contribution in [0.3, 0.4) is 0 Å². The Bertz CT molecular complexity index is 866. The number of aryl methyl sites for hydroxylation is 3. The SMILES string of the molecule is Cc1cc(C)cc(NC(=O)C2CC2C(=O)Nc2c(C)cccc2C(C)C)c1. The number of benzene rings is 2. The second-order valence-electron chi connectivity index (χ2n) is 8.00. The van der Waals surface area contributed by atoms with Crippen molar-refractivity contribution in [1.29, 1.82) is 0 Å². The lowest BCUT2D eigenvalue weighted by atomic mass is 9.98. The van der Waals surface area contributed by atoms with Crippen molar-refractivity contribution < 1.29 is 9.59 Å². The lowest BCUT2D eigenvalue weighted by molar-refractivity contribution is -0.122. The van der Waals surface area contributed by atoms with Gasteiger partial charge in [0.25, 0.3) is 0 Å². The lowest BCUT2D eigenvalue weighted by Gasteiger charge is -2.16. The number of rotatable bonds is 5. The number of carbonyl (C=O) groups excluding carboxylic acids is 2. The minimum absolute atomic E-state index is 0.0632. The Hall–Kier alpha value is -2.62. The van der Waals surface area contributed by atoms with Gasteiger partial charge in [-0.1, -0.05) is 38.1 Å². The van der Waals surface area contributed by atoms with Gasteiger partial charge in [-0.2, -0.15) is 0 Å². The van der Waals surface area contributed by atoms with Gasteiger partial charge in [0, 0.05) is 11.4 Å². The summed E-state index contributed by atoms with van der Waals surface area (Å²) in [6, 6.07) is 12.0. The molecule has 1 aliphatic carbocycles. The van der Waals surface area contributed by atoms with Gasteiger partial charge in [0.15, 0.2) is 0 Å². The van der Waals surface area contributed by atoms with Crippen LogP contribution in [-0.2, 0) is 9.59 Å². The number of hydrogen-bond acceptors (Lipinski definition) is 2. The Morgan fingerprint density at radius 1 is 0.926 bits per heavy atom. The van der Waals surface area contributed by atoms with E-state index in [4.69, 9.17) is 0 Å². The molecule has 4 heteroatoms. The van der Waals surface area contributed by atoms with Crippen molar-refractivity contribution >= 4 is 23.2 Å². The summed E-state index contributed by atoms with van der Waals surface area (Å²) in [6.07, 6.45) is 0.603. The Morgan fingerprint density at radius 3 is 2.11 bits per heavy atom. The van der Waals surface area contributed by atoms with E-state index in [1.165, 1.54) is 0 Å². The van der Waals surface area contributed by atoms with Gasteiger partial charge < -0.3 is 10.6 Å². The summed E-state index contributed by atoms with van der Waals surface area (Å²) >= 11 is 0. The Morgan fingerprint density at radius 2 is 1.52 bits per heavy atom. The topological polar surface area (TPSA) is 58.2 Å². The van der Waals surface area contributed by atoms with Crippen molar-refractivity contribution in [2.45, 2.75) is 47.0 Å². The summed E-state index contributed by atoms with van der Waals surface area (Å²) in [4.78, 5) is 25.2. The molecular weight excluding hydrogens is 336 g/mol. The zero-order valence-corrected chi connectivity index (χ0v) is 16.7. The highest BCUT2D eigenvalue weighted by molar-refractivity contribution is 6.03. The first-order valence-electron chi connectivity index (χ1n) is 9.55. The van der Waals surface area contributed by atoms with Crippen LogP contribution in [0.5, 0.6) is 0 Å². The van der Waals surface area contributed by atoms with Gasteiger partial charge in [0.2, 0.25) is 11.8 Å². The first-order valence-corrected chi connectivity index (χ1v) is 9.55. The van der Waals surface area contributed by atoms with E-state index in [0.29, 0.717) is 12.3 Å². The van der Waals surface area contributed by atoms with Crippen molar-refractivity contribution in [1.82, 2.24) is 0 Å². The molecule has 4 nitrogen and oxygen atoms in total. The fourth-order valence-corrected chi connectivity index (χ4v) is 3.61. The predicted molar refractivity (Wildman–Crippen MR) is 110 cm³/mol. The molecule has 1 saturated carbocycles. The Balaban J connectivity index is 1.65. The maximum Gasteiger partial charge on any atom is 0.228 e. The van der Waals surface area contributed by atoms with E-state index in [1.807, 2.05) is 51.1 Å². The van der Waals surface area contributed by atoms with Crippen LogP contribution in [0.2, 0.25) is 0 Å². The molecule has 142 valence electrons. The second kappa shape index (κ2) is 7.55. The fourth-order valence-electron chi connectivity index (χ4n) is 3.61. The van der Waals surface area contributed by atoms with Crippen molar-refractivity contribution in [3.63, 3.8) is 0 Å². The van der Waals surface area contributed by atoms with Crippen LogP contribution in [0.15, 0.2) is 36.4 Å². The standard InChI is InChI=1S/C23H28N2O2/c1-13(2)18-8-6-7-16(5)21(18)25-23(27)20-12-19(20)22(26)24-17-10-14(3)9-15(4)11-17/h6-11,13,19-20H,12H2,1-5H3,(H,24,26)(H,25,27). The predicted octanol–water partition coefficient (Wildman–Crippen LogP) is 4.95. The zero-order valence-electron chi connectivity index (χ0n) is 16.7. The molecule has 2 aromatic carbocycles. The van der Waals surface area contributed by atoms with Gasteiger partial charge in [-0.25, -0.2) is 0 Å². The van der Waals surface area contributed by atoms with Crippen molar-refractivity contribution in [3.05, 3.63) is 58.7 Å². The first-order chi connectivity index (χ1) is 12.8. The molecule has 2 atom stereocenters. The number of carbonyl (C=O) groups is 2. The molecule has 2 unspecified atom stereocenters. The van der Waals surface area contributed by atoms with E-state index in [2.05, 4.69) is 30.5 Å². The molecule has 1 fully saturated rings. The number of para-hydroxylation sites is 1. The molecule has 0 aromatic heterocycles. The van der Waals surface area contributed by atoms with E-state index >= 15 is 0 Å². The van der Waals surface area contributed by atoms with Crippen LogP contribution in [0.1, 0.15) is 48.4 Å². The zero-order chi connectivity index (χ0) is 19.7. The smallest absolute Gasteiger partial charge is 0.228 e. The largest absolute Gasteiger partial charge is 0.326 e. The van der Waals surface area contributed by atoms with Gasteiger partial charge >= 0.3 is 0 Å². The van der Waals surface area contributed by atoms with Crippen LogP contribution in [0, 0.1) is 32.6 Å². The summed E-state index contributed by atoms with van der Waals surface area (Å²) in [5.41, 5.74) is 6.07. The molecule has 0 spiro atoms. The number of amides is 2. The highest BCUT2D eigenvalue weighted by Gasteiger charge is 2.48. The molecule has 0 radical (unpaired) electrons. The minimum atomic E-state index is -0.254. The van der Waals surface area contributed by atoms with E-state index in [-0.39, 0.29) is 23.7 Å². The summed E-state index contributed by atoms with van der Waals surface area (Å²) in [5.74, 6) is -0.322. The fraction of sp³-hybridized carbons (Fsp3) is 0.391. The van der Waals surface area contributed by atoms with Gasteiger partial charge in [-0.15, -0.1) is 0 Å². The number of nitrogens with one attached hydrogen (secondary N) is 2. The maximum absolute atomic E-state index is 12.7. The van der Waals surface area contributed by atoms with Crippen molar-refractivity contribution in [3.8, 4) is 0 Å².